The first kappa shape index (κ1) is 28.1. The van der Waals surface area contributed by atoms with Crippen LogP contribution in [0.5, 0.6) is 0 Å². The highest BCUT2D eigenvalue weighted by atomic mass is 32.1. The van der Waals surface area contributed by atoms with Crippen LogP contribution in [-0.4, -0.2) is 60.7 Å². The number of rotatable bonds is 12. The van der Waals surface area contributed by atoms with Crippen molar-refractivity contribution >= 4 is 22.6 Å². The third kappa shape index (κ3) is 12.6. The van der Waals surface area contributed by atoms with Crippen LogP contribution >= 0.6 is 11.3 Å². The maximum Gasteiger partial charge on any atom is 0.410 e. The van der Waals surface area contributed by atoms with Crippen molar-refractivity contribution in [3.63, 3.8) is 0 Å². The average molecular weight is 443 g/mol. The van der Waals surface area contributed by atoms with Crippen molar-refractivity contribution in [1.29, 1.82) is 5.26 Å². The number of ether oxygens (including phenoxy) is 3. The molecule has 1 heterocycles. The molecular weight excluding hydrogens is 404 g/mol. The number of nitrogens with one attached hydrogen (secondary N) is 1. The van der Waals surface area contributed by atoms with Crippen LogP contribution in [0.15, 0.2) is 6.20 Å². The van der Waals surface area contributed by atoms with Crippen LogP contribution in [0, 0.1) is 11.3 Å². The van der Waals surface area contributed by atoms with Gasteiger partial charge in [0.25, 0.3) is 0 Å². The van der Waals surface area contributed by atoms with E-state index in [0.717, 1.165) is 0 Å². The van der Waals surface area contributed by atoms with Gasteiger partial charge in [-0.25, -0.2) is 9.78 Å². The second kappa shape index (κ2) is 15.9. The first-order valence-corrected chi connectivity index (χ1v) is 11.4. The van der Waals surface area contributed by atoms with Gasteiger partial charge in [-0.15, -0.1) is 0 Å². The van der Waals surface area contributed by atoms with E-state index >= 15 is 0 Å². The Bertz CT molecular complexity index is 625. The third-order valence-electron chi connectivity index (χ3n) is 3.53. The molecule has 1 aromatic rings. The Kier molecular flexibility index (Phi) is 14.9. The third-order valence-corrected chi connectivity index (χ3v) is 4.39. The number of nitrogens with zero attached hydrogens (tertiary/aromatic N) is 3. The van der Waals surface area contributed by atoms with Crippen molar-refractivity contribution in [1.82, 2.24) is 9.88 Å². The minimum Gasteiger partial charge on any atom is -0.444 e. The predicted molar refractivity (Wildman–Crippen MR) is 121 cm³/mol. The molecule has 0 fully saturated rings. The molecule has 172 valence electrons. The van der Waals surface area contributed by atoms with Crippen LogP contribution in [0.2, 0.25) is 0 Å². The molecule has 1 aromatic heterocycles. The first-order chi connectivity index (χ1) is 14.3. The normalized spacial score (nSPS) is 11.7. The Hall–Kier alpha value is -1.89. The number of carbonyl (C=O) groups excluding carboxylic acids is 1. The van der Waals surface area contributed by atoms with Crippen molar-refractivity contribution in [2.75, 3.05) is 38.2 Å². The van der Waals surface area contributed by atoms with E-state index in [-0.39, 0.29) is 12.4 Å². The molecule has 1 atom stereocenters. The summed E-state index contributed by atoms with van der Waals surface area (Å²) in [5.74, 6) is 0. The minimum atomic E-state index is -0.501. The number of nitriles is 1. The molecule has 0 aliphatic heterocycles. The van der Waals surface area contributed by atoms with Gasteiger partial charge >= 0.3 is 6.09 Å². The van der Waals surface area contributed by atoms with Crippen molar-refractivity contribution in [2.45, 2.75) is 73.2 Å². The predicted octanol–water partition coefficient (Wildman–Crippen LogP) is 4.87. The Morgan fingerprint density at radius 1 is 1.33 bits per heavy atom. The molecule has 0 aliphatic carbocycles. The lowest BCUT2D eigenvalue weighted by atomic mass is 10.2. The minimum absolute atomic E-state index is 0.305. The Morgan fingerprint density at radius 2 is 2.03 bits per heavy atom. The number of aromatic nitrogens is 1. The van der Waals surface area contributed by atoms with Crippen LogP contribution in [0.3, 0.4) is 0 Å². The fourth-order valence-corrected chi connectivity index (χ4v) is 2.92. The molecule has 0 radical (unpaired) electrons. The van der Waals surface area contributed by atoms with Crippen LogP contribution in [0.1, 0.15) is 66.2 Å². The van der Waals surface area contributed by atoms with E-state index in [1.165, 1.54) is 11.3 Å². The number of carbonyl (C=O) groups is 1. The van der Waals surface area contributed by atoms with Crippen molar-refractivity contribution in [3.8, 4) is 6.07 Å². The first-order valence-electron chi connectivity index (χ1n) is 10.6. The summed E-state index contributed by atoms with van der Waals surface area (Å²) in [5.41, 5.74) is -0.501. The summed E-state index contributed by atoms with van der Waals surface area (Å²) in [6.07, 6.45) is 2.26. The molecule has 0 saturated carbocycles. The van der Waals surface area contributed by atoms with E-state index in [9.17, 15) is 4.79 Å². The fourth-order valence-electron chi connectivity index (χ4n) is 2.28. The van der Waals surface area contributed by atoms with Gasteiger partial charge in [-0.2, -0.15) is 5.26 Å². The zero-order valence-electron chi connectivity index (χ0n) is 19.5. The molecule has 8 nitrogen and oxygen atoms in total. The van der Waals surface area contributed by atoms with Gasteiger partial charge in [-0.05, 0) is 41.0 Å². The zero-order valence-corrected chi connectivity index (χ0v) is 20.3. The van der Waals surface area contributed by atoms with Crippen molar-refractivity contribution < 1.29 is 19.0 Å². The lowest BCUT2D eigenvalue weighted by Gasteiger charge is -2.26. The summed E-state index contributed by atoms with van der Waals surface area (Å²) < 4.78 is 16.8. The van der Waals surface area contributed by atoms with E-state index in [1.54, 1.807) is 11.1 Å². The highest BCUT2D eigenvalue weighted by Gasteiger charge is 2.20. The summed E-state index contributed by atoms with van der Waals surface area (Å²) in [6.45, 7) is 16.2. The SMILES string of the molecule is CC.CCOC(CCNc1ncc(C#N)s1)OCCCN(CC)C(=O)OC(C)(C)C. The van der Waals surface area contributed by atoms with Crippen LogP contribution in [0.25, 0.3) is 0 Å². The van der Waals surface area contributed by atoms with E-state index in [1.807, 2.05) is 48.5 Å². The van der Waals surface area contributed by atoms with Crippen molar-refractivity contribution in [2.24, 2.45) is 0 Å². The molecule has 9 heteroatoms. The van der Waals surface area contributed by atoms with Gasteiger partial charge in [0, 0.05) is 32.7 Å². The molecule has 0 spiro atoms. The summed E-state index contributed by atoms with van der Waals surface area (Å²) in [4.78, 5) is 18.5. The lowest BCUT2D eigenvalue weighted by molar-refractivity contribution is -0.141. The Morgan fingerprint density at radius 3 is 2.57 bits per heavy atom. The number of hydrogen-bond acceptors (Lipinski definition) is 8. The molecular formula is C21H38N4O4S. The van der Waals surface area contributed by atoms with Gasteiger partial charge in [0.1, 0.15) is 16.5 Å². The average Bonchev–Trinajstić information content (AvgIpc) is 3.16. The molecule has 0 aromatic carbocycles. The molecule has 1 rings (SSSR count). The topological polar surface area (TPSA) is 96.7 Å². The number of anilines is 1. The number of amides is 1. The molecule has 1 N–H and O–H groups in total. The van der Waals surface area contributed by atoms with E-state index in [0.29, 0.717) is 55.7 Å². The highest BCUT2D eigenvalue weighted by Crippen LogP contribution is 2.17. The highest BCUT2D eigenvalue weighted by molar-refractivity contribution is 7.16. The molecule has 0 bridgehead atoms. The number of thiazole rings is 1. The van der Waals surface area contributed by atoms with Crippen LogP contribution in [0.4, 0.5) is 9.93 Å². The van der Waals surface area contributed by atoms with E-state index < -0.39 is 5.60 Å². The van der Waals surface area contributed by atoms with Crippen LogP contribution in [-0.2, 0) is 14.2 Å². The quantitative estimate of drug-likeness (QED) is 0.364. The van der Waals surface area contributed by atoms with Gasteiger partial charge in [0.15, 0.2) is 11.4 Å². The lowest BCUT2D eigenvalue weighted by Crippen LogP contribution is -2.37. The molecule has 0 saturated heterocycles. The van der Waals surface area contributed by atoms with E-state index in [4.69, 9.17) is 19.5 Å². The standard InChI is InChI=1S/C19H32N4O4S.C2H6/c1-6-23(18(24)27-19(3,4)5)11-8-12-26-16(25-7-2)9-10-21-17-22-14-15(13-20)28-17;1-2/h14,16H,6-12H2,1-5H3,(H,21,22);1-2H3. The summed E-state index contributed by atoms with van der Waals surface area (Å²) >= 11 is 1.32. The van der Waals surface area contributed by atoms with Gasteiger partial charge in [0.05, 0.1) is 12.8 Å². The Labute approximate surface area is 185 Å². The van der Waals surface area contributed by atoms with Gasteiger partial charge in [-0.1, -0.05) is 25.2 Å². The number of hydrogen-bond donors (Lipinski definition) is 1. The van der Waals surface area contributed by atoms with Crippen LogP contribution < -0.4 is 5.32 Å². The van der Waals surface area contributed by atoms with Gasteiger partial charge < -0.3 is 24.4 Å². The second-order valence-electron chi connectivity index (χ2n) is 7.03. The maximum atomic E-state index is 12.1. The molecule has 1 unspecified atom stereocenters. The second-order valence-corrected chi connectivity index (χ2v) is 8.06. The van der Waals surface area contributed by atoms with Gasteiger partial charge in [0.2, 0.25) is 0 Å². The monoisotopic (exact) mass is 442 g/mol. The Balaban J connectivity index is 0.00000407. The maximum absolute atomic E-state index is 12.1. The summed E-state index contributed by atoms with van der Waals surface area (Å²) in [5, 5.41) is 12.7. The van der Waals surface area contributed by atoms with Gasteiger partial charge in [-0.3, -0.25) is 0 Å². The molecule has 30 heavy (non-hydrogen) atoms. The zero-order chi connectivity index (χ0) is 23.0. The van der Waals surface area contributed by atoms with E-state index in [2.05, 4.69) is 16.4 Å². The largest absolute Gasteiger partial charge is 0.444 e. The molecule has 0 aliphatic rings. The smallest absolute Gasteiger partial charge is 0.410 e. The summed E-state index contributed by atoms with van der Waals surface area (Å²) in [6, 6.07) is 2.07. The summed E-state index contributed by atoms with van der Waals surface area (Å²) in [7, 11) is 0. The van der Waals surface area contributed by atoms with Crippen molar-refractivity contribution in [3.05, 3.63) is 11.1 Å². The fraction of sp³-hybridized carbons (Fsp3) is 0.762. The molecule has 1 amide bonds.